The molecular weight excluding hydrogens is 1070 g/mol. The Labute approximate surface area is 491 Å². The van der Waals surface area contributed by atoms with Crippen molar-refractivity contribution < 1.29 is 75.8 Å². The lowest BCUT2D eigenvalue weighted by atomic mass is 9.83. The van der Waals surface area contributed by atoms with E-state index in [1.807, 2.05) is 24.3 Å². The average Bonchev–Trinajstić information content (AvgIpc) is 0.921. The van der Waals surface area contributed by atoms with Gasteiger partial charge in [-0.3, -0.25) is 0 Å². The molecule has 0 aliphatic carbocycles. The minimum atomic E-state index is 0.262. The molecule has 0 spiro atoms. The maximum atomic E-state index is 6.74. The van der Waals surface area contributed by atoms with Crippen LogP contribution in [0.5, 0.6) is 34.5 Å². The van der Waals surface area contributed by atoms with Crippen LogP contribution < -0.4 is 28.4 Å². The summed E-state index contributed by atoms with van der Waals surface area (Å²) in [5.41, 5.74) is 10.0. The summed E-state index contributed by atoms with van der Waals surface area (Å²) in [6.07, 6.45) is 0. The fourth-order valence-electron chi connectivity index (χ4n) is 11.3. The van der Waals surface area contributed by atoms with Gasteiger partial charge in [-0.2, -0.15) is 0 Å². The largest absolute Gasteiger partial charge is 0.496 e. The number of hydrogen-bond donors (Lipinski definition) is 0. The third-order valence-electron chi connectivity index (χ3n) is 15.0. The van der Waals surface area contributed by atoms with Crippen molar-refractivity contribution in [1.29, 1.82) is 0 Å². The van der Waals surface area contributed by atoms with Crippen LogP contribution in [0.15, 0.2) is 109 Å². The van der Waals surface area contributed by atoms with Crippen molar-refractivity contribution in [3.63, 3.8) is 0 Å². The molecule has 2 aliphatic heterocycles. The Morgan fingerprint density at radius 1 is 0.250 bits per heavy atom. The predicted octanol–water partition coefficient (Wildman–Crippen LogP) is 12.1. The van der Waals surface area contributed by atoms with Crippen LogP contribution in [0.3, 0.4) is 0 Å². The third-order valence-corrected chi connectivity index (χ3v) is 15.0. The van der Waals surface area contributed by atoms with E-state index in [1.54, 1.807) is 42.7 Å². The molecule has 0 saturated carbocycles. The molecule has 444 valence electrons. The zero-order valence-corrected chi connectivity index (χ0v) is 49.1. The number of methoxy groups -OCH3 is 6. The quantitative estimate of drug-likeness (QED) is 0.128. The Balaban J connectivity index is 1.17. The van der Waals surface area contributed by atoms with Crippen molar-refractivity contribution >= 4 is 32.3 Å². The summed E-state index contributed by atoms with van der Waals surface area (Å²) in [5.74, 6) is 3.63. The van der Waals surface area contributed by atoms with Crippen molar-refractivity contribution in [2.45, 2.75) is 26.4 Å². The summed E-state index contributed by atoms with van der Waals surface area (Å²) < 4.78 is 98.8. The molecule has 0 unspecified atom stereocenters. The van der Waals surface area contributed by atoms with Gasteiger partial charge in [0.15, 0.2) is 11.5 Å². The van der Waals surface area contributed by atoms with Crippen LogP contribution in [0.4, 0.5) is 0 Å². The molecule has 2 aliphatic rings. The molecule has 0 N–H and O–H groups in total. The molecule has 16 nitrogen and oxygen atoms in total. The second-order valence-electron chi connectivity index (χ2n) is 20.0. The van der Waals surface area contributed by atoms with E-state index >= 15 is 0 Å². The van der Waals surface area contributed by atoms with Gasteiger partial charge in [-0.1, -0.05) is 72.8 Å². The third kappa shape index (κ3) is 13.5. The summed E-state index contributed by atoms with van der Waals surface area (Å²) in [7, 11) is 10.2. The van der Waals surface area contributed by atoms with E-state index in [0.29, 0.717) is 140 Å². The highest BCUT2D eigenvalue weighted by molar-refractivity contribution is 6.20. The van der Waals surface area contributed by atoms with Gasteiger partial charge in [0, 0.05) is 55.6 Å². The first-order valence-electron chi connectivity index (χ1n) is 28.6. The zero-order chi connectivity index (χ0) is 58.0. The molecule has 2 heterocycles. The van der Waals surface area contributed by atoms with Crippen LogP contribution in [0.25, 0.3) is 76.8 Å². The van der Waals surface area contributed by atoms with Gasteiger partial charge in [0.25, 0.3) is 0 Å². The molecule has 10 rings (SSSR count). The molecule has 4 bridgehead atoms. The number of hydrogen-bond acceptors (Lipinski definition) is 16. The van der Waals surface area contributed by atoms with E-state index in [4.69, 9.17) is 75.8 Å². The maximum Gasteiger partial charge on any atom is 0.169 e. The van der Waals surface area contributed by atoms with Crippen molar-refractivity contribution in [1.82, 2.24) is 0 Å². The molecule has 0 aromatic heterocycles. The number of ether oxygens (including phenoxy) is 16. The smallest absolute Gasteiger partial charge is 0.169 e. The normalized spacial score (nSPS) is 16.2. The van der Waals surface area contributed by atoms with Crippen molar-refractivity contribution in [3.8, 4) is 79.0 Å². The van der Waals surface area contributed by atoms with Crippen molar-refractivity contribution in [3.05, 3.63) is 131 Å². The SMILES string of the molecule is COc1c2cc(-c3cc4ccccc4c(-c4c(OC)c(OC)c(-c5c(OC)c(-c6cc7c(OC)c(c6)COCCOCCOCCOCCOC7)cc6ccccc56)c5ccccc45)c3OC)cc1COCCOCCOCCOCCOC2. The highest BCUT2D eigenvalue weighted by atomic mass is 16.6. The maximum absolute atomic E-state index is 6.74. The Bertz CT molecular complexity index is 3190. The molecule has 8 aromatic carbocycles. The van der Waals surface area contributed by atoms with Crippen LogP contribution in [-0.2, 0) is 73.8 Å². The van der Waals surface area contributed by atoms with E-state index < -0.39 is 0 Å². The highest BCUT2D eigenvalue weighted by Gasteiger charge is 2.32. The van der Waals surface area contributed by atoms with E-state index in [1.165, 1.54) is 0 Å². The van der Waals surface area contributed by atoms with E-state index in [-0.39, 0.29) is 26.4 Å². The van der Waals surface area contributed by atoms with Crippen LogP contribution in [0.2, 0.25) is 0 Å². The monoisotopic (exact) mass is 1150 g/mol. The molecule has 16 heteroatoms. The number of benzene rings is 8. The lowest BCUT2D eigenvalue weighted by Crippen LogP contribution is -2.14. The molecule has 0 saturated heterocycles. The summed E-state index contributed by atoms with van der Waals surface area (Å²) in [4.78, 5) is 0. The fraction of sp³-hybridized carbons (Fsp3) is 0.382. The zero-order valence-electron chi connectivity index (χ0n) is 49.1. The van der Waals surface area contributed by atoms with Crippen molar-refractivity contribution in [2.75, 3.05) is 148 Å². The average molecular weight is 1150 g/mol. The van der Waals surface area contributed by atoms with Gasteiger partial charge >= 0.3 is 0 Å². The molecular formula is C68H76O16. The van der Waals surface area contributed by atoms with Crippen LogP contribution in [0, 0.1) is 0 Å². The first kappa shape index (κ1) is 60.1. The highest BCUT2D eigenvalue weighted by Crippen LogP contribution is 2.58. The lowest BCUT2D eigenvalue weighted by molar-refractivity contribution is -0.0147. The Morgan fingerprint density at radius 2 is 0.488 bits per heavy atom. The molecule has 0 fully saturated rings. The van der Waals surface area contributed by atoms with Gasteiger partial charge in [-0.25, -0.2) is 0 Å². The second kappa shape index (κ2) is 30.1. The van der Waals surface area contributed by atoms with Gasteiger partial charge < -0.3 is 75.8 Å². The summed E-state index contributed by atoms with van der Waals surface area (Å²) in [5, 5.41) is 5.65. The van der Waals surface area contributed by atoms with Gasteiger partial charge in [-0.05, 0) is 79.8 Å². The molecule has 0 radical (unpaired) electrons. The van der Waals surface area contributed by atoms with Crippen LogP contribution in [0.1, 0.15) is 22.3 Å². The molecule has 0 amide bonds. The fourth-order valence-corrected chi connectivity index (χ4v) is 11.3. The van der Waals surface area contributed by atoms with Crippen LogP contribution in [-0.4, -0.2) is 148 Å². The van der Waals surface area contributed by atoms with Crippen molar-refractivity contribution in [2.24, 2.45) is 0 Å². The summed E-state index contributed by atoms with van der Waals surface area (Å²) >= 11 is 0. The van der Waals surface area contributed by atoms with E-state index in [9.17, 15) is 0 Å². The summed E-state index contributed by atoms with van der Waals surface area (Å²) in [6.45, 7) is 7.90. The lowest BCUT2D eigenvalue weighted by Gasteiger charge is -2.26. The minimum absolute atomic E-state index is 0.262. The van der Waals surface area contributed by atoms with Gasteiger partial charge in [0.05, 0.1) is 175 Å². The Kier molecular flexibility index (Phi) is 21.6. The van der Waals surface area contributed by atoms with Gasteiger partial charge in [-0.15, -0.1) is 0 Å². The first-order chi connectivity index (χ1) is 41.5. The Hall–Kier alpha value is -7.06. The second-order valence-corrected chi connectivity index (χ2v) is 20.0. The van der Waals surface area contributed by atoms with E-state index in [2.05, 4.69) is 84.9 Å². The molecule has 84 heavy (non-hydrogen) atoms. The standard InChI is InChI=1S/C68H76O16/c1-69-63-49-35-47(36-50(63)42-82-32-28-78-24-20-75-19-23-77-27-31-81-41-49)57-39-45-13-7-9-15-53(45)59(65(57)71-3)61-55-17-11-12-18-56(55)62(68(74-6)67(61)73-5)60-54-16-10-8-14-46(54)40-58(66(60)72-4)48-37-51-43-83-33-29-79-25-21-76-22-26-80-30-34-84-44-52(38-48)64(51)70-2/h7-18,35-40H,19-34,41-44H2,1-6H3. The first-order valence-corrected chi connectivity index (χ1v) is 28.6. The van der Waals surface area contributed by atoms with Crippen LogP contribution >= 0.6 is 0 Å². The Morgan fingerprint density at radius 3 is 0.762 bits per heavy atom. The summed E-state index contributed by atoms with van der Waals surface area (Å²) in [6, 6.07) is 37.8. The number of fused-ring (bicyclic) bond motifs is 7. The molecule has 0 atom stereocenters. The predicted molar refractivity (Wildman–Crippen MR) is 324 cm³/mol. The topological polar surface area (TPSA) is 148 Å². The van der Waals surface area contributed by atoms with E-state index in [0.717, 1.165) is 99.1 Å². The van der Waals surface area contributed by atoms with Gasteiger partial charge in [0.2, 0.25) is 0 Å². The molecule has 8 aromatic rings. The van der Waals surface area contributed by atoms with Gasteiger partial charge in [0.1, 0.15) is 23.0 Å². The number of rotatable bonds is 10. The minimum Gasteiger partial charge on any atom is -0.496 e.